The van der Waals surface area contributed by atoms with E-state index in [4.69, 9.17) is 14.2 Å². The molecule has 1 atom stereocenters. The van der Waals surface area contributed by atoms with Crippen molar-refractivity contribution in [2.75, 3.05) is 27.4 Å². The molecule has 0 saturated carbocycles. The fraction of sp³-hybridized carbons (Fsp3) is 0.538. The van der Waals surface area contributed by atoms with Crippen LogP contribution in [-0.2, 0) is 11.2 Å². The average molecular weight is 222 g/mol. The van der Waals surface area contributed by atoms with Crippen molar-refractivity contribution in [2.24, 2.45) is 5.92 Å². The van der Waals surface area contributed by atoms with Crippen LogP contribution in [0.25, 0.3) is 0 Å². The van der Waals surface area contributed by atoms with E-state index in [0.29, 0.717) is 5.92 Å². The van der Waals surface area contributed by atoms with Crippen LogP contribution in [0.4, 0.5) is 0 Å². The van der Waals surface area contributed by atoms with Gasteiger partial charge in [0.15, 0.2) is 11.5 Å². The molecule has 2 rings (SSSR count). The van der Waals surface area contributed by atoms with Crippen molar-refractivity contribution < 1.29 is 14.2 Å². The predicted octanol–water partition coefficient (Wildman–Crippen LogP) is 2.28. The first-order valence-electron chi connectivity index (χ1n) is 5.62. The van der Waals surface area contributed by atoms with E-state index >= 15 is 0 Å². The Labute approximate surface area is 96.3 Å². The summed E-state index contributed by atoms with van der Waals surface area (Å²) in [6.45, 7) is 1.78. The SMILES string of the molecule is COc1ccc(CC2CCOC2)cc1OC. The first-order chi connectivity index (χ1) is 7.83. The topological polar surface area (TPSA) is 27.7 Å². The van der Waals surface area contributed by atoms with Crippen LogP contribution in [0, 0.1) is 5.92 Å². The van der Waals surface area contributed by atoms with Crippen LogP contribution in [0.3, 0.4) is 0 Å². The second-order valence-corrected chi connectivity index (χ2v) is 4.12. The van der Waals surface area contributed by atoms with E-state index in [2.05, 4.69) is 12.1 Å². The molecule has 0 spiro atoms. The first-order valence-corrected chi connectivity index (χ1v) is 5.62. The summed E-state index contributed by atoms with van der Waals surface area (Å²) in [7, 11) is 3.32. The predicted molar refractivity (Wildman–Crippen MR) is 62.2 cm³/mol. The highest BCUT2D eigenvalue weighted by Gasteiger charge is 2.16. The maximum absolute atomic E-state index is 5.37. The van der Waals surface area contributed by atoms with Gasteiger partial charge in [-0.05, 0) is 36.5 Å². The molecule has 0 bridgehead atoms. The minimum atomic E-state index is 0.651. The van der Waals surface area contributed by atoms with Gasteiger partial charge in [0.05, 0.1) is 14.2 Å². The number of hydrogen-bond donors (Lipinski definition) is 0. The normalized spacial score (nSPS) is 19.8. The van der Waals surface area contributed by atoms with E-state index in [0.717, 1.165) is 37.6 Å². The smallest absolute Gasteiger partial charge is 0.160 e. The fourth-order valence-corrected chi connectivity index (χ4v) is 2.09. The Kier molecular flexibility index (Phi) is 3.67. The van der Waals surface area contributed by atoms with Crippen molar-refractivity contribution >= 4 is 0 Å². The van der Waals surface area contributed by atoms with Crippen LogP contribution in [0.1, 0.15) is 12.0 Å². The van der Waals surface area contributed by atoms with Crippen LogP contribution in [0.2, 0.25) is 0 Å². The second-order valence-electron chi connectivity index (χ2n) is 4.12. The molecule has 88 valence electrons. The van der Waals surface area contributed by atoms with Gasteiger partial charge < -0.3 is 14.2 Å². The maximum Gasteiger partial charge on any atom is 0.160 e. The van der Waals surface area contributed by atoms with Gasteiger partial charge in [-0.3, -0.25) is 0 Å². The molecule has 3 nitrogen and oxygen atoms in total. The summed E-state index contributed by atoms with van der Waals surface area (Å²) in [5, 5.41) is 0. The molecule has 16 heavy (non-hydrogen) atoms. The van der Waals surface area contributed by atoms with Gasteiger partial charge in [0.2, 0.25) is 0 Å². The molecule has 1 aliphatic rings. The van der Waals surface area contributed by atoms with Gasteiger partial charge in [0.1, 0.15) is 0 Å². The van der Waals surface area contributed by atoms with Crippen molar-refractivity contribution in [1.82, 2.24) is 0 Å². The van der Waals surface area contributed by atoms with Crippen LogP contribution >= 0.6 is 0 Å². The minimum absolute atomic E-state index is 0.651. The lowest BCUT2D eigenvalue weighted by atomic mass is 9.98. The molecule has 3 heteroatoms. The van der Waals surface area contributed by atoms with E-state index in [1.54, 1.807) is 14.2 Å². The third-order valence-corrected chi connectivity index (χ3v) is 3.00. The lowest BCUT2D eigenvalue weighted by Gasteiger charge is -2.11. The van der Waals surface area contributed by atoms with Crippen LogP contribution in [-0.4, -0.2) is 27.4 Å². The van der Waals surface area contributed by atoms with Gasteiger partial charge in [-0.25, -0.2) is 0 Å². The highest BCUT2D eigenvalue weighted by Crippen LogP contribution is 2.29. The molecule has 1 heterocycles. The molecular formula is C13H18O3. The van der Waals surface area contributed by atoms with Crippen molar-refractivity contribution in [3.63, 3.8) is 0 Å². The molecule has 0 radical (unpaired) electrons. The summed E-state index contributed by atoms with van der Waals surface area (Å²) in [6.07, 6.45) is 2.22. The Balaban J connectivity index is 2.09. The zero-order chi connectivity index (χ0) is 11.4. The Morgan fingerprint density at radius 3 is 2.69 bits per heavy atom. The van der Waals surface area contributed by atoms with E-state index in [9.17, 15) is 0 Å². The summed E-state index contributed by atoms with van der Waals surface area (Å²) in [4.78, 5) is 0. The monoisotopic (exact) mass is 222 g/mol. The standard InChI is InChI=1S/C13H18O3/c1-14-12-4-3-10(8-13(12)15-2)7-11-5-6-16-9-11/h3-4,8,11H,5-7,9H2,1-2H3. The Morgan fingerprint density at radius 2 is 2.06 bits per heavy atom. The molecule has 1 aromatic carbocycles. The van der Waals surface area contributed by atoms with Gasteiger partial charge in [0.25, 0.3) is 0 Å². The molecule has 1 fully saturated rings. The number of methoxy groups -OCH3 is 2. The fourth-order valence-electron chi connectivity index (χ4n) is 2.09. The molecular weight excluding hydrogens is 204 g/mol. The van der Waals surface area contributed by atoms with Gasteiger partial charge in [-0.1, -0.05) is 6.07 Å². The summed E-state index contributed by atoms with van der Waals surface area (Å²) in [5.74, 6) is 2.24. The van der Waals surface area contributed by atoms with Crippen molar-refractivity contribution in [3.05, 3.63) is 23.8 Å². The van der Waals surface area contributed by atoms with Gasteiger partial charge in [-0.2, -0.15) is 0 Å². The number of hydrogen-bond acceptors (Lipinski definition) is 3. The Morgan fingerprint density at radius 1 is 1.25 bits per heavy atom. The molecule has 0 amide bonds. The summed E-state index contributed by atoms with van der Waals surface area (Å²) in [6, 6.07) is 6.11. The van der Waals surface area contributed by atoms with Crippen LogP contribution in [0.15, 0.2) is 18.2 Å². The summed E-state index contributed by atoms with van der Waals surface area (Å²) >= 11 is 0. The molecule has 0 N–H and O–H groups in total. The van der Waals surface area contributed by atoms with Crippen molar-refractivity contribution in [1.29, 1.82) is 0 Å². The van der Waals surface area contributed by atoms with Gasteiger partial charge >= 0.3 is 0 Å². The van der Waals surface area contributed by atoms with Crippen LogP contribution < -0.4 is 9.47 Å². The molecule has 1 unspecified atom stereocenters. The summed E-state index contributed by atoms with van der Waals surface area (Å²) in [5.41, 5.74) is 1.29. The third kappa shape index (κ3) is 2.47. The summed E-state index contributed by atoms with van der Waals surface area (Å²) < 4.78 is 15.9. The van der Waals surface area contributed by atoms with Crippen molar-refractivity contribution in [3.8, 4) is 11.5 Å². The lowest BCUT2D eigenvalue weighted by molar-refractivity contribution is 0.186. The highest BCUT2D eigenvalue weighted by atomic mass is 16.5. The number of rotatable bonds is 4. The lowest BCUT2D eigenvalue weighted by Crippen LogP contribution is -2.04. The van der Waals surface area contributed by atoms with E-state index in [1.165, 1.54) is 5.56 Å². The number of ether oxygens (including phenoxy) is 3. The minimum Gasteiger partial charge on any atom is -0.493 e. The molecule has 1 aliphatic heterocycles. The maximum atomic E-state index is 5.37. The number of benzene rings is 1. The first kappa shape index (κ1) is 11.3. The highest BCUT2D eigenvalue weighted by molar-refractivity contribution is 5.43. The van der Waals surface area contributed by atoms with E-state index < -0.39 is 0 Å². The Bertz CT molecular complexity index is 343. The van der Waals surface area contributed by atoms with Crippen molar-refractivity contribution in [2.45, 2.75) is 12.8 Å². The molecule has 0 aliphatic carbocycles. The zero-order valence-electron chi connectivity index (χ0n) is 9.86. The third-order valence-electron chi connectivity index (χ3n) is 3.00. The van der Waals surface area contributed by atoms with E-state index in [1.807, 2.05) is 6.07 Å². The quantitative estimate of drug-likeness (QED) is 0.782. The molecule has 1 aromatic rings. The van der Waals surface area contributed by atoms with Gasteiger partial charge in [-0.15, -0.1) is 0 Å². The second kappa shape index (κ2) is 5.21. The van der Waals surface area contributed by atoms with Crippen LogP contribution in [0.5, 0.6) is 11.5 Å². The molecule has 1 saturated heterocycles. The zero-order valence-corrected chi connectivity index (χ0v) is 9.86. The molecule has 0 aromatic heterocycles. The average Bonchev–Trinajstić information content (AvgIpc) is 2.81. The van der Waals surface area contributed by atoms with E-state index in [-0.39, 0.29) is 0 Å². The Hall–Kier alpha value is -1.22. The largest absolute Gasteiger partial charge is 0.493 e. The van der Waals surface area contributed by atoms with Gasteiger partial charge in [0, 0.05) is 13.2 Å².